The number of carbonyl (C=O) groups excluding carboxylic acids is 1. The van der Waals surface area contributed by atoms with Gasteiger partial charge in [0.2, 0.25) is 0 Å². The quantitative estimate of drug-likeness (QED) is 0.791. The molecule has 0 aliphatic rings. The fourth-order valence-electron chi connectivity index (χ4n) is 1.30. The first-order valence-electron chi connectivity index (χ1n) is 5.87. The lowest BCUT2D eigenvalue weighted by atomic mass is 10.0. The Balaban J connectivity index is 2.84. The highest BCUT2D eigenvalue weighted by Crippen LogP contribution is 2.23. The average Bonchev–Trinajstić information content (AvgIpc) is 2.31. The fraction of sp³-hybridized carbons (Fsp3) is 0.385. The maximum atomic E-state index is 11.8. The maximum Gasteiger partial charge on any atom is 0.335 e. The third-order valence-electron chi connectivity index (χ3n) is 2.80. The molecule has 0 saturated carbocycles. The smallest absolute Gasteiger partial charge is 0.335 e. The van der Waals surface area contributed by atoms with E-state index in [0.717, 1.165) is 6.42 Å². The molecule has 0 bridgehead atoms. The van der Waals surface area contributed by atoms with Crippen LogP contribution in [0.25, 0.3) is 0 Å². The Kier molecular flexibility index (Phi) is 4.94. The number of benzene rings is 1. The molecule has 0 heterocycles. The van der Waals surface area contributed by atoms with Crippen molar-refractivity contribution in [2.75, 3.05) is 5.32 Å². The van der Waals surface area contributed by atoms with E-state index in [1.165, 1.54) is 12.1 Å². The molecule has 5 nitrogen and oxygen atoms in total. The van der Waals surface area contributed by atoms with Gasteiger partial charge in [0, 0.05) is 10.0 Å². The van der Waals surface area contributed by atoms with Crippen molar-refractivity contribution in [1.29, 1.82) is 0 Å². The van der Waals surface area contributed by atoms with E-state index in [-0.39, 0.29) is 17.1 Å². The van der Waals surface area contributed by atoms with Crippen LogP contribution in [0.4, 0.5) is 10.5 Å². The summed E-state index contributed by atoms with van der Waals surface area (Å²) >= 11 is 3.27. The van der Waals surface area contributed by atoms with Gasteiger partial charge in [-0.05, 0) is 54.4 Å². The normalized spacial score (nSPS) is 10.9. The standard InChI is InChI=1S/C13H17BrN2O3/c1-4-13(2,3)16-12(19)15-10-7-8(11(17)18)5-6-9(10)14/h5-7H,4H2,1-3H3,(H,17,18)(H2,15,16,19). The Morgan fingerprint density at radius 1 is 1.37 bits per heavy atom. The van der Waals surface area contributed by atoms with Gasteiger partial charge in [-0.25, -0.2) is 9.59 Å². The number of urea groups is 1. The van der Waals surface area contributed by atoms with Crippen LogP contribution in [0.1, 0.15) is 37.6 Å². The zero-order valence-corrected chi connectivity index (χ0v) is 12.7. The monoisotopic (exact) mass is 328 g/mol. The van der Waals surface area contributed by atoms with Gasteiger partial charge < -0.3 is 15.7 Å². The minimum atomic E-state index is -1.04. The van der Waals surface area contributed by atoms with Crippen LogP contribution in [0.5, 0.6) is 0 Å². The molecule has 0 spiro atoms. The number of hydrogen-bond donors (Lipinski definition) is 3. The van der Waals surface area contributed by atoms with Crippen molar-refractivity contribution in [3.8, 4) is 0 Å². The van der Waals surface area contributed by atoms with E-state index in [1.807, 2.05) is 20.8 Å². The SMILES string of the molecule is CCC(C)(C)NC(=O)Nc1cc(C(=O)O)ccc1Br. The van der Waals surface area contributed by atoms with E-state index in [0.29, 0.717) is 10.2 Å². The molecule has 1 aromatic rings. The van der Waals surface area contributed by atoms with Crippen LogP contribution in [0.2, 0.25) is 0 Å². The summed E-state index contributed by atoms with van der Waals surface area (Å²) in [5.74, 6) is -1.04. The summed E-state index contributed by atoms with van der Waals surface area (Å²) < 4.78 is 0.627. The molecule has 6 heteroatoms. The lowest BCUT2D eigenvalue weighted by Crippen LogP contribution is -2.45. The first-order valence-corrected chi connectivity index (χ1v) is 6.66. The van der Waals surface area contributed by atoms with Crippen LogP contribution in [0, 0.1) is 0 Å². The molecule has 3 N–H and O–H groups in total. The van der Waals surface area contributed by atoms with Gasteiger partial charge in [-0.1, -0.05) is 6.92 Å². The van der Waals surface area contributed by atoms with Crippen LogP contribution in [-0.4, -0.2) is 22.6 Å². The summed E-state index contributed by atoms with van der Waals surface area (Å²) in [5.41, 5.74) is 0.221. The van der Waals surface area contributed by atoms with Gasteiger partial charge in [0.05, 0.1) is 11.3 Å². The molecule has 104 valence electrons. The third-order valence-corrected chi connectivity index (χ3v) is 3.49. The van der Waals surface area contributed by atoms with E-state index in [9.17, 15) is 9.59 Å². The molecule has 0 aliphatic heterocycles. The highest BCUT2D eigenvalue weighted by atomic mass is 79.9. The summed E-state index contributed by atoms with van der Waals surface area (Å²) in [5, 5.41) is 14.4. The van der Waals surface area contributed by atoms with Gasteiger partial charge in [-0.15, -0.1) is 0 Å². The molecule has 0 fully saturated rings. The molecular weight excluding hydrogens is 312 g/mol. The van der Waals surface area contributed by atoms with Gasteiger partial charge in [-0.3, -0.25) is 0 Å². The van der Waals surface area contributed by atoms with Gasteiger partial charge in [-0.2, -0.15) is 0 Å². The molecule has 0 unspecified atom stereocenters. The fourth-order valence-corrected chi connectivity index (χ4v) is 1.65. The number of rotatable bonds is 4. The van der Waals surface area contributed by atoms with Crippen LogP contribution in [0.15, 0.2) is 22.7 Å². The second-order valence-electron chi connectivity index (χ2n) is 4.82. The number of anilines is 1. The zero-order chi connectivity index (χ0) is 14.6. The predicted molar refractivity (Wildman–Crippen MR) is 77.6 cm³/mol. The van der Waals surface area contributed by atoms with Crippen molar-refractivity contribution < 1.29 is 14.7 Å². The van der Waals surface area contributed by atoms with Crippen molar-refractivity contribution in [1.82, 2.24) is 5.32 Å². The van der Waals surface area contributed by atoms with Crippen molar-refractivity contribution in [2.45, 2.75) is 32.7 Å². The van der Waals surface area contributed by atoms with E-state index in [4.69, 9.17) is 5.11 Å². The van der Waals surface area contributed by atoms with E-state index in [1.54, 1.807) is 6.07 Å². The average molecular weight is 329 g/mol. The van der Waals surface area contributed by atoms with Gasteiger partial charge in [0.25, 0.3) is 0 Å². The van der Waals surface area contributed by atoms with Gasteiger partial charge in [0.15, 0.2) is 0 Å². The van der Waals surface area contributed by atoms with Crippen LogP contribution < -0.4 is 10.6 Å². The van der Waals surface area contributed by atoms with Crippen LogP contribution in [-0.2, 0) is 0 Å². The number of aromatic carboxylic acids is 1. The summed E-state index contributed by atoms with van der Waals surface area (Å²) in [6, 6.07) is 4.09. The first kappa shape index (κ1) is 15.5. The lowest BCUT2D eigenvalue weighted by Gasteiger charge is -2.24. The Hall–Kier alpha value is -1.56. The lowest BCUT2D eigenvalue weighted by molar-refractivity contribution is 0.0697. The Morgan fingerprint density at radius 2 is 2.00 bits per heavy atom. The van der Waals surface area contributed by atoms with Crippen LogP contribution >= 0.6 is 15.9 Å². The Morgan fingerprint density at radius 3 is 2.53 bits per heavy atom. The molecule has 0 atom stereocenters. The molecule has 1 rings (SSSR count). The van der Waals surface area contributed by atoms with Crippen molar-refractivity contribution in [3.63, 3.8) is 0 Å². The minimum Gasteiger partial charge on any atom is -0.478 e. The zero-order valence-electron chi connectivity index (χ0n) is 11.1. The van der Waals surface area contributed by atoms with Gasteiger partial charge in [0.1, 0.15) is 0 Å². The first-order chi connectivity index (χ1) is 8.75. The largest absolute Gasteiger partial charge is 0.478 e. The second kappa shape index (κ2) is 6.06. The highest BCUT2D eigenvalue weighted by Gasteiger charge is 2.18. The number of carbonyl (C=O) groups is 2. The van der Waals surface area contributed by atoms with Crippen molar-refractivity contribution in [3.05, 3.63) is 28.2 Å². The number of nitrogens with one attached hydrogen (secondary N) is 2. The Bertz CT molecular complexity index is 501. The number of hydrogen-bond acceptors (Lipinski definition) is 2. The van der Waals surface area contributed by atoms with Gasteiger partial charge >= 0.3 is 12.0 Å². The molecule has 0 saturated heterocycles. The van der Waals surface area contributed by atoms with E-state index in [2.05, 4.69) is 26.6 Å². The molecular formula is C13H17BrN2O3. The highest BCUT2D eigenvalue weighted by molar-refractivity contribution is 9.10. The number of carboxylic acids is 1. The topological polar surface area (TPSA) is 78.4 Å². The minimum absolute atomic E-state index is 0.119. The second-order valence-corrected chi connectivity index (χ2v) is 5.67. The number of carboxylic acid groups (broad SMARTS) is 1. The molecule has 19 heavy (non-hydrogen) atoms. The predicted octanol–water partition coefficient (Wildman–Crippen LogP) is 3.46. The summed E-state index contributed by atoms with van der Waals surface area (Å²) in [4.78, 5) is 22.7. The van der Waals surface area contributed by atoms with Crippen molar-refractivity contribution >= 4 is 33.6 Å². The van der Waals surface area contributed by atoms with Crippen molar-refractivity contribution in [2.24, 2.45) is 0 Å². The third kappa shape index (κ3) is 4.55. The molecule has 2 amide bonds. The number of amides is 2. The molecule has 0 aromatic heterocycles. The maximum absolute atomic E-state index is 11.8. The summed E-state index contributed by atoms with van der Waals surface area (Å²) in [7, 11) is 0. The van der Waals surface area contributed by atoms with E-state index >= 15 is 0 Å². The molecule has 0 aliphatic carbocycles. The molecule has 1 aromatic carbocycles. The summed E-state index contributed by atoms with van der Waals surface area (Å²) in [6.45, 7) is 5.80. The number of halogens is 1. The van der Waals surface area contributed by atoms with Crippen LogP contribution in [0.3, 0.4) is 0 Å². The summed E-state index contributed by atoms with van der Waals surface area (Å²) in [6.07, 6.45) is 0.788. The molecule has 0 radical (unpaired) electrons. The van der Waals surface area contributed by atoms with E-state index < -0.39 is 5.97 Å². The Labute approximate surface area is 120 Å².